The van der Waals surface area contributed by atoms with E-state index < -0.39 is 10.1 Å². The van der Waals surface area contributed by atoms with Gasteiger partial charge in [0.15, 0.2) is 0 Å². The molecule has 2 atom stereocenters. The van der Waals surface area contributed by atoms with Crippen LogP contribution in [0.1, 0.15) is 20.3 Å². The summed E-state index contributed by atoms with van der Waals surface area (Å²) in [6, 6.07) is 0. The van der Waals surface area contributed by atoms with Gasteiger partial charge >= 0.3 is 0 Å². The summed E-state index contributed by atoms with van der Waals surface area (Å²) in [5, 5.41) is -0.0493. The minimum absolute atomic E-state index is 0.0493. The molecule has 0 aromatic carbocycles. The lowest BCUT2D eigenvalue weighted by atomic mass is 10.1. The van der Waals surface area contributed by atoms with E-state index >= 15 is 0 Å². The predicted molar refractivity (Wildman–Crippen MR) is 45.5 cm³/mol. The molecule has 68 valence electrons. The van der Waals surface area contributed by atoms with Gasteiger partial charge in [0.1, 0.15) is 0 Å². The Labute approximate surface area is 72.5 Å². The lowest BCUT2D eigenvalue weighted by molar-refractivity contribution is 0.463. The van der Waals surface area contributed by atoms with Gasteiger partial charge in [-0.25, -0.2) is 0 Å². The lowest BCUT2D eigenvalue weighted by Gasteiger charge is -2.09. The van der Waals surface area contributed by atoms with Gasteiger partial charge in [0, 0.05) is 5.38 Å². The van der Waals surface area contributed by atoms with Crippen LogP contribution in [0.5, 0.6) is 0 Å². The van der Waals surface area contributed by atoms with Gasteiger partial charge in [0.05, 0.1) is 5.75 Å². The first-order valence-electron chi connectivity index (χ1n) is 3.40. The summed E-state index contributed by atoms with van der Waals surface area (Å²) in [5.74, 6) is -0.290. The van der Waals surface area contributed by atoms with Crippen molar-refractivity contribution in [3.63, 3.8) is 0 Å². The van der Waals surface area contributed by atoms with Crippen LogP contribution < -0.4 is 0 Å². The molecule has 0 aliphatic rings. The van der Waals surface area contributed by atoms with Crippen molar-refractivity contribution in [3.8, 4) is 0 Å². The minimum atomic E-state index is -3.83. The van der Waals surface area contributed by atoms with Crippen molar-refractivity contribution >= 4 is 21.7 Å². The third kappa shape index (κ3) is 8.10. The Morgan fingerprint density at radius 1 is 1.45 bits per heavy atom. The maximum Gasteiger partial charge on any atom is 0.265 e. The standard InChI is InChI=1S/C6H13ClO3S/c1-5(3-6(2)7)4-11(8,9)10/h5-6H,3-4H2,1-2H3,(H,8,9,10). The predicted octanol–water partition coefficient (Wildman–Crippen LogP) is 1.53. The molecule has 0 spiro atoms. The van der Waals surface area contributed by atoms with Gasteiger partial charge in [0.2, 0.25) is 0 Å². The number of rotatable bonds is 4. The zero-order chi connectivity index (χ0) is 9.07. The summed E-state index contributed by atoms with van der Waals surface area (Å²) in [4.78, 5) is 0. The molecule has 0 amide bonds. The van der Waals surface area contributed by atoms with Gasteiger partial charge in [-0.15, -0.1) is 11.6 Å². The molecule has 0 rings (SSSR count). The number of hydrogen-bond donors (Lipinski definition) is 1. The van der Waals surface area contributed by atoms with E-state index in [9.17, 15) is 8.42 Å². The fraction of sp³-hybridized carbons (Fsp3) is 1.00. The molecule has 0 heterocycles. The second-order valence-corrected chi connectivity index (χ2v) is 5.11. The Morgan fingerprint density at radius 2 is 1.91 bits per heavy atom. The van der Waals surface area contributed by atoms with E-state index in [2.05, 4.69) is 0 Å². The quantitative estimate of drug-likeness (QED) is 0.553. The Bertz CT molecular complexity index is 198. The van der Waals surface area contributed by atoms with Crippen LogP contribution in [-0.2, 0) is 10.1 Å². The molecular formula is C6H13ClO3S. The second kappa shape index (κ2) is 4.28. The molecule has 5 heteroatoms. The van der Waals surface area contributed by atoms with Crippen LogP contribution in [0.3, 0.4) is 0 Å². The maximum absolute atomic E-state index is 10.3. The van der Waals surface area contributed by atoms with Crippen molar-refractivity contribution in [2.45, 2.75) is 25.6 Å². The average molecular weight is 201 g/mol. The van der Waals surface area contributed by atoms with Crippen molar-refractivity contribution in [2.24, 2.45) is 5.92 Å². The Balaban J connectivity index is 3.80. The highest BCUT2D eigenvalue weighted by Gasteiger charge is 2.13. The van der Waals surface area contributed by atoms with Gasteiger partial charge < -0.3 is 0 Å². The molecule has 0 saturated carbocycles. The zero-order valence-electron chi connectivity index (χ0n) is 6.62. The third-order valence-corrected chi connectivity index (χ3v) is 2.39. The first-order chi connectivity index (χ1) is 4.81. The molecule has 0 radical (unpaired) electrons. The zero-order valence-corrected chi connectivity index (χ0v) is 8.19. The Kier molecular flexibility index (Phi) is 4.36. The highest BCUT2D eigenvalue weighted by atomic mass is 35.5. The van der Waals surface area contributed by atoms with Gasteiger partial charge in [-0.3, -0.25) is 4.55 Å². The van der Waals surface area contributed by atoms with Crippen molar-refractivity contribution in [1.82, 2.24) is 0 Å². The fourth-order valence-corrected chi connectivity index (χ4v) is 2.14. The molecule has 11 heavy (non-hydrogen) atoms. The number of hydrogen-bond acceptors (Lipinski definition) is 2. The first kappa shape index (κ1) is 11.2. The first-order valence-corrected chi connectivity index (χ1v) is 5.45. The molecule has 3 nitrogen and oxygen atoms in total. The Morgan fingerprint density at radius 3 is 2.18 bits per heavy atom. The van der Waals surface area contributed by atoms with E-state index in [0.717, 1.165) is 0 Å². The second-order valence-electron chi connectivity index (χ2n) is 2.87. The number of halogens is 1. The maximum atomic E-state index is 10.3. The molecule has 0 fully saturated rings. The summed E-state index contributed by atoms with van der Waals surface area (Å²) in [6.07, 6.45) is 0.599. The van der Waals surface area contributed by atoms with Crippen LogP contribution in [0, 0.1) is 5.92 Å². The molecule has 0 aromatic rings. The molecule has 0 bridgehead atoms. The number of alkyl halides is 1. The summed E-state index contributed by atoms with van der Waals surface area (Å²) in [6.45, 7) is 3.54. The van der Waals surface area contributed by atoms with Crippen LogP contribution in [0.25, 0.3) is 0 Å². The molecule has 0 aliphatic heterocycles. The van der Waals surface area contributed by atoms with Gasteiger partial charge in [-0.05, 0) is 19.3 Å². The minimum Gasteiger partial charge on any atom is -0.286 e. The highest BCUT2D eigenvalue weighted by Crippen LogP contribution is 2.11. The van der Waals surface area contributed by atoms with E-state index in [1.165, 1.54) is 0 Å². The summed E-state index contributed by atoms with van der Waals surface area (Å²) >= 11 is 5.63. The van der Waals surface area contributed by atoms with Gasteiger partial charge in [0.25, 0.3) is 10.1 Å². The summed E-state index contributed by atoms with van der Waals surface area (Å²) < 4.78 is 29.1. The third-order valence-electron chi connectivity index (χ3n) is 1.22. The monoisotopic (exact) mass is 200 g/mol. The smallest absolute Gasteiger partial charge is 0.265 e. The topological polar surface area (TPSA) is 54.4 Å². The van der Waals surface area contributed by atoms with Crippen molar-refractivity contribution in [2.75, 3.05) is 5.75 Å². The van der Waals surface area contributed by atoms with E-state index in [1.807, 2.05) is 0 Å². The molecule has 1 N–H and O–H groups in total. The highest BCUT2D eigenvalue weighted by molar-refractivity contribution is 7.85. The average Bonchev–Trinajstić information content (AvgIpc) is 1.53. The largest absolute Gasteiger partial charge is 0.286 e. The van der Waals surface area contributed by atoms with Crippen molar-refractivity contribution in [3.05, 3.63) is 0 Å². The SMILES string of the molecule is CC(Cl)CC(C)CS(=O)(=O)O. The molecule has 2 unspecified atom stereocenters. The molecule has 0 aromatic heterocycles. The van der Waals surface area contributed by atoms with Gasteiger partial charge in [-0.2, -0.15) is 8.42 Å². The van der Waals surface area contributed by atoms with Crippen molar-refractivity contribution in [1.29, 1.82) is 0 Å². The molecular weight excluding hydrogens is 188 g/mol. The van der Waals surface area contributed by atoms with Crippen LogP contribution in [0.2, 0.25) is 0 Å². The Hall–Kier alpha value is 0.200. The summed E-state index contributed by atoms with van der Waals surface area (Å²) in [7, 11) is -3.83. The van der Waals surface area contributed by atoms with E-state index in [0.29, 0.717) is 6.42 Å². The van der Waals surface area contributed by atoms with E-state index in [-0.39, 0.29) is 17.0 Å². The fourth-order valence-electron chi connectivity index (χ4n) is 0.982. The molecule has 0 aliphatic carbocycles. The normalized spacial score (nSPS) is 17.8. The van der Waals surface area contributed by atoms with Crippen molar-refractivity contribution < 1.29 is 13.0 Å². The van der Waals surface area contributed by atoms with Crippen LogP contribution >= 0.6 is 11.6 Å². The van der Waals surface area contributed by atoms with Gasteiger partial charge in [-0.1, -0.05) is 6.92 Å². The van der Waals surface area contributed by atoms with E-state index in [1.54, 1.807) is 13.8 Å². The van der Waals surface area contributed by atoms with Crippen LogP contribution in [-0.4, -0.2) is 24.1 Å². The molecule has 0 saturated heterocycles. The lowest BCUT2D eigenvalue weighted by Crippen LogP contribution is -2.14. The van der Waals surface area contributed by atoms with Crippen LogP contribution in [0.4, 0.5) is 0 Å². The summed E-state index contributed by atoms with van der Waals surface area (Å²) in [5.41, 5.74) is 0. The van der Waals surface area contributed by atoms with E-state index in [4.69, 9.17) is 16.2 Å². The van der Waals surface area contributed by atoms with Crippen LogP contribution in [0.15, 0.2) is 0 Å².